The van der Waals surface area contributed by atoms with E-state index in [1.807, 2.05) is 30.3 Å². The van der Waals surface area contributed by atoms with Gasteiger partial charge in [-0.2, -0.15) is 0 Å². The van der Waals surface area contributed by atoms with Gasteiger partial charge in [0.2, 0.25) is 0 Å². The van der Waals surface area contributed by atoms with Gasteiger partial charge in [0, 0.05) is 33.4 Å². The molecule has 0 spiro atoms. The van der Waals surface area contributed by atoms with Crippen molar-refractivity contribution in [2.75, 3.05) is 46.5 Å². The Morgan fingerprint density at radius 3 is 2.75 bits per heavy atom. The molecule has 1 saturated heterocycles. The summed E-state index contributed by atoms with van der Waals surface area (Å²) in [5.41, 5.74) is 0. The van der Waals surface area contributed by atoms with E-state index in [0.29, 0.717) is 13.2 Å². The van der Waals surface area contributed by atoms with Gasteiger partial charge in [-0.3, -0.25) is 0 Å². The van der Waals surface area contributed by atoms with Gasteiger partial charge < -0.3 is 19.7 Å². The minimum Gasteiger partial charge on any atom is -0.492 e. The van der Waals surface area contributed by atoms with Gasteiger partial charge in [0.1, 0.15) is 12.4 Å². The van der Waals surface area contributed by atoms with E-state index < -0.39 is 0 Å². The Kier molecular flexibility index (Phi) is 8.46. The third kappa shape index (κ3) is 6.79. The molecule has 0 amide bonds. The molecule has 24 heavy (non-hydrogen) atoms. The van der Waals surface area contributed by atoms with Crippen molar-refractivity contribution in [3.63, 3.8) is 0 Å². The predicted molar refractivity (Wildman–Crippen MR) is 98.7 cm³/mol. The highest BCUT2D eigenvalue weighted by molar-refractivity contribution is 5.79. The fraction of sp³-hybridized carbons (Fsp3) is 0.632. The summed E-state index contributed by atoms with van der Waals surface area (Å²) in [5, 5.41) is 3.36. The number of ether oxygens (including phenoxy) is 2. The Morgan fingerprint density at radius 1 is 1.29 bits per heavy atom. The lowest BCUT2D eigenvalue weighted by molar-refractivity contribution is 0.0625. The molecule has 134 valence electrons. The summed E-state index contributed by atoms with van der Waals surface area (Å²) in [6.07, 6.45) is 3.57. The molecule has 1 N–H and O–H groups in total. The highest BCUT2D eigenvalue weighted by Gasteiger charge is 2.15. The van der Waals surface area contributed by atoms with Crippen LogP contribution in [0.25, 0.3) is 0 Å². The topological polar surface area (TPSA) is 46.1 Å². The summed E-state index contributed by atoms with van der Waals surface area (Å²) < 4.78 is 11.1. The lowest BCUT2D eigenvalue weighted by Crippen LogP contribution is -2.40. The largest absolute Gasteiger partial charge is 0.492 e. The normalized spacial score (nSPS) is 16.0. The molecule has 0 aromatic heterocycles. The van der Waals surface area contributed by atoms with Crippen LogP contribution in [-0.2, 0) is 4.74 Å². The number of hydrogen-bond acceptors (Lipinski definition) is 3. The summed E-state index contributed by atoms with van der Waals surface area (Å²) >= 11 is 0. The van der Waals surface area contributed by atoms with E-state index >= 15 is 0 Å². The van der Waals surface area contributed by atoms with Crippen LogP contribution in [0.3, 0.4) is 0 Å². The van der Waals surface area contributed by atoms with Crippen LogP contribution in [0.4, 0.5) is 0 Å². The van der Waals surface area contributed by atoms with Gasteiger partial charge in [-0.05, 0) is 44.2 Å². The van der Waals surface area contributed by atoms with Crippen LogP contribution in [0.5, 0.6) is 5.75 Å². The average molecular weight is 333 g/mol. The molecule has 0 bridgehead atoms. The minimum absolute atomic E-state index is 0.590. The summed E-state index contributed by atoms with van der Waals surface area (Å²) in [5.74, 6) is 2.64. The number of benzene rings is 1. The monoisotopic (exact) mass is 333 g/mol. The summed E-state index contributed by atoms with van der Waals surface area (Å²) in [7, 11) is 2.11. The van der Waals surface area contributed by atoms with Gasteiger partial charge in [-0.1, -0.05) is 18.2 Å². The molecule has 1 aromatic carbocycles. The second-order valence-corrected chi connectivity index (χ2v) is 6.16. The minimum atomic E-state index is 0.590. The molecule has 1 fully saturated rings. The average Bonchev–Trinajstić information content (AvgIpc) is 2.64. The van der Waals surface area contributed by atoms with Crippen LogP contribution in [0, 0.1) is 5.92 Å². The van der Waals surface area contributed by atoms with Crippen molar-refractivity contribution in [1.82, 2.24) is 10.2 Å². The van der Waals surface area contributed by atoms with Gasteiger partial charge >= 0.3 is 0 Å². The van der Waals surface area contributed by atoms with Crippen LogP contribution < -0.4 is 10.1 Å². The van der Waals surface area contributed by atoms with Crippen molar-refractivity contribution in [3.05, 3.63) is 30.3 Å². The molecule has 1 aliphatic heterocycles. The van der Waals surface area contributed by atoms with Gasteiger partial charge in [-0.15, -0.1) is 0 Å². The molecule has 0 atom stereocenters. The first-order chi connectivity index (χ1) is 11.8. The standard InChI is InChI=1S/C19H31N3O2/c1-3-20-19(21-12-16-24-18-7-5-4-6-8-18)22(2)13-9-17-10-14-23-15-11-17/h4-8,17H,3,9-16H2,1-2H3,(H,20,21). The Hall–Kier alpha value is -1.75. The number of nitrogens with zero attached hydrogens (tertiary/aromatic N) is 2. The lowest BCUT2D eigenvalue weighted by Gasteiger charge is -2.26. The van der Waals surface area contributed by atoms with E-state index in [9.17, 15) is 0 Å². The maximum Gasteiger partial charge on any atom is 0.193 e. The van der Waals surface area contributed by atoms with E-state index in [0.717, 1.165) is 43.9 Å². The Morgan fingerprint density at radius 2 is 2.04 bits per heavy atom. The van der Waals surface area contributed by atoms with Gasteiger partial charge in [0.25, 0.3) is 0 Å². The van der Waals surface area contributed by atoms with Gasteiger partial charge in [0.15, 0.2) is 5.96 Å². The van der Waals surface area contributed by atoms with Crippen LogP contribution >= 0.6 is 0 Å². The quantitative estimate of drug-likeness (QED) is 0.451. The third-order valence-corrected chi connectivity index (χ3v) is 4.27. The third-order valence-electron chi connectivity index (χ3n) is 4.27. The Labute approximate surface area is 146 Å². The van der Waals surface area contributed by atoms with E-state index in [-0.39, 0.29) is 0 Å². The van der Waals surface area contributed by atoms with E-state index in [1.165, 1.54) is 19.3 Å². The van der Waals surface area contributed by atoms with E-state index in [2.05, 4.69) is 29.2 Å². The van der Waals surface area contributed by atoms with Crippen LogP contribution in [0.1, 0.15) is 26.2 Å². The number of nitrogens with one attached hydrogen (secondary N) is 1. The van der Waals surface area contributed by atoms with E-state index in [1.54, 1.807) is 0 Å². The maximum absolute atomic E-state index is 5.70. The van der Waals surface area contributed by atoms with Crippen molar-refractivity contribution in [2.45, 2.75) is 26.2 Å². The summed E-state index contributed by atoms with van der Waals surface area (Å²) in [6, 6.07) is 9.88. The zero-order valence-corrected chi connectivity index (χ0v) is 15.0. The zero-order chi connectivity index (χ0) is 17.0. The second-order valence-electron chi connectivity index (χ2n) is 6.16. The number of aliphatic imine (C=N–C) groups is 1. The zero-order valence-electron chi connectivity index (χ0n) is 15.0. The lowest BCUT2D eigenvalue weighted by atomic mass is 9.96. The number of rotatable bonds is 8. The predicted octanol–water partition coefficient (Wildman–Crippen LogP) is 2.78. The molecule has 0 saturated carbocycles. The fourth-order valence-corrected chi connectivity index (χ4v) is 2.82. The van der Waals surface area contributed by atoms with Crippen molar-refractivity contribution in [1.29, 1.82) is 0 Å². The number of para-hydroxylation sites is 1. The van der Waals surface area contributed by atoms with Crippen LogP contribution in [0.15, 0.2) is 35.3 Å². The molecule has 1 aromatic rings. The molecule has 0 radical (unpaired) electrons. The Bertz CT molecular complexity index is 473. The van der Waals surface area contributed by atoms with Crippen molar-refractivity contribution >= 4 is 5.96 Å². The van der Waals surface area contributed by atoms with Crippen molar-refractivity contribution < 1.29 is 9.47 Å². The van der Waals surface area contributed by atoms with Crippen LogP contribution in [0.2, 0.25) is 0 Å². The highest BCUT2D eigenvalue weighted by Crippen LogP contribution is 2.18. The van der Waals surface area contributed by atoms with Gasteiger partial charge in [-0.25, -0.2) is 4.99 Å². The van der Waals surface area contributed by atoms with E-state index in [4.69, 9.17) is 9.47 Å². The van der Waals surface area contributed by atoms with Crippen molar-refractivity contribution in [3.8, 4) is 5.75 Å². The first-order valence-electron chi connectivity index (χ1n) is 9.04. The summed E-state index contributed by atoms with van der Waals surface area (Å²) in [6.45, 7) is 7.07. The highest BCUT2D eigenvalue weighted by atomic mass is 16.5. The second kappa shape index (κ2) is 10.9. The Balaban J connectivity index is 1.73. The molecule has 1 heterocycles. The van der Waals surface area contributed by atoms with Gasteiger partial charge in [0.05, 0.1) is 6.54 Å². The maximum atomic E-state index is 5.70. The number of guanidine groups is 1. The fourth-order valence-electron chi connectivity index (χ4n) is 2.82. The molecule has 1 aliphatic rings. The first kappa shape index (κ1) is 18.6. The first-order valence-corrected chi connectivity index (χ1v) is 9.04. The smallest absolute Gasteiger partial charge is 0.193 e. The molecule has 5 nitrogen and oxygen atoms in total. The molecule has 2 rings (SSSR count). The summed E-state index contributed by atoms with van der Waals surface area (Å²) in [4.78, 5) is 6.90. The molecule has 0 unspecified atom stereocenters. The molecule has 5 heteroatoms. The van der Waals surface area contributed by atoms with Crippen LogP contribution in [-0.4, -0.2) is 57.4 Å². The molecule has 0 aliphatic carbocycles. The van der Waals surface area contributed by atoms with Crippen molar-refractivity contribution in [2.24, 2.45) is 10.9 Å². The number of hydrogen-bond donors (Lipinski definition) is 1. The molecular weight excluding hydrogens is 302 g/mol. The SMILES string of the molecule is CCNC(=NCCOc1ccccc1)N(C)CCC1CCOCC1. The molecular formula is C19H31N3O2.